The summed E-state index contributed by atoms with van der Waals surface area (Å²) in [7, 11) is 3.60. The van der Waals surface area contributed by atoms with Gasteiger partial charge in [0.25, 0.3) is 5.91 Å². The molecular formula is C20H26FN5O3. The molecule has 3 rings (SSSR count). The molecule has 0 radical (unpaired) electrons. The van der Waals surface area contributed by atoms with Gasteiger partial charge in [-0.2, -0.15) is 5.10 Å². The zero-order valence-corrected chi connectivity index (χ0v) is 16.9. The summed E-state index contributed by atoms with van der Waals surface area (Å²) >= 11 is 0. The molecule has 1 aromatic heterocycles. The molecular weight excluding hydrogens is 377 g/mol. The molecule has 0 spiro atoms. The van der Waals surface area contributed by atoms with Gasteiger partial charge in [0.1, 0.15) is 24.2 Å². The number of aryl methyl sites for hydroxylation is 1. The van der Waals surface area contributed by atoms with Gasteiger partial charge in [-0.3, -0.25) is 19.6 Å². The molecule has 9 heteroatoms. The predicted octanol–water partition coefficient (Wildman–Crippen LogP) is 1.15. The SMILES string of the molecule is Cc1[nH]ncc1C(=O)N1CCN(C)[C@@H](C(=O)N(C)CCOc2ccc(F)cc2)C1. The van der Waals surface area contributed by atoms with Crippen molar-refractivity contribution in [2.45, 2.75) is 13.0 Å². The number of aromatic amines is 1. The number of amides is 2. The lowest BCUT2D eigenvalue weighted by Gasteiger charge is -2.39. The standard InChI is InChI=1S/C20H26FN5O3/c1-14-17(12-22-23-14)19(27)26-9-8-24(2)18(13-26)20(28)25(3)10-11-29-16-6-4-15(21)5-7-16/h4-7,12,18H,8-11,13H2,1-3H3,(H,22,23)/t18-/m1/s1. The maximum atomic E-state index is 12.9. The molecule has 156 valence electrons. The molecule has 0 unspecified atom stereocenters. The first kappa shape index (κ1) is 20.8. The van der Waals surface area contributed by atoms with E-state index < -0.39 is 6.04 Å². The zero-order valence-electron chi connectivity index (χ0n) is 16.9. The molecule has 1 aliphatic heterocycles. The monoisotopic (exact) mass is 403 g/mol. The normalized spacial score (nSPS) is 17.2. The van der Waals surface area contributed by atoms with Crippen LogP contribution in [-0.2, 0) is 4.79 Å². The number of piperazine rings is 1. The number of nitrogens with zero attached hydrogens (tertiary/aromatic N) is 4. The van der Waals surface area contributed by atoms with Gasteiger partial charge in [0.15, 0.2) is 0 Å². The lowest BCUT2D eigenvalue weighted by Crippen LogP contribution is -2.59. The molecule has 1 aliphatic rings. The maximum Gasteiger partial charge on any atom is 0.257 e. The van der Waals surface area contributed by atoms with Gasteiger partial charge in [-0.25, -0.2) is 4.39 Å². The van der Waals surface area contributed by atoms with Crippen molar-refractivity contribution in [2.75, 3.05) is 46.9 Å². The smallest absolute Gasteiger partial charge is 0.257 e. The molecule has 2 aromatic rings. The van der Waals surface area contributed by atoms with E-state index >= 15 is 0 Å². The molecule has 1 fully saturated rings. The van der Waals surface area contributed by atoms with Crippen molar-refractivity contribution in [3.05, 3.63) is 47.5 Å². The topological polar surface area (TPSA) is 81.8 Å². The van der Waals surface area contributed by atoms with Crippen molar-refractivity contribution in [2.24, 2.45) is 0 Å². The summed E-state index contributed by atoms with van der Waals surface area (Å²) in [6.07, 6.45) is 1.52. The lowest BCUT2D eigenvalue weighted by molar-refractivity contribution is -0.137. The number of ether oxygens (including phenoxy) is 1. The largest absolute Gasteiger partial charge is 0.492 e. The second-order valence-corrected chi connectivity index (χ2v) is 7.22. The Hall–Kier alpha value is -2.94. The summed E-state index contributed by atoms with van der Waals surface area (Å²) in [5.41, 5.74) is 1.24. The Balaban J connectivity index is 1.55. The molecule has 8 nitrogen and oxygen atoms in total. The Morgan fingerprint density at radius 2 is 2.03 bits per heavy atom. The summed E-state index contributed by atoms with van der Waals surface area (Å²) in [6.45, 7) is 3.96. The summed E-state index contributed by atoms with van der Waals surface area (Å²) in [6, 6.07) is 5.33. The Morgan fingerprint density at radius 1 is 1.31 bits per heavy atom. The molecule has 1 aromatic carbocycles. The van der Waals surface area contributed by atoms with Gasteiger partial charge in [0, 0.05) is 32.4 Å². The van der Waals surface area contributed by atoms with Crippen LogP contribution in [0, 0.1) is 12.7 Å². The van der Waals surface area contributed by atoms with Gasteiger partial charge < -0.3 is 14.5 Å². The van der Waals surface area contributed by atoms with Crippen molar-refractivity contribution in [3.63, 3.8) is 0 Å². The summed E-state index contributed by atoms with van der Waals surface area (Å²) < 4.78 is 18.5. The number of hydrogen-bond donors (Lipinski definition) is 1. The van der Waals surface area contributed by atoms with Gasteiger partial charge in [0.2, 0.25) is 5.91 Å². The number of likely N-dealkylation sites (N-methyl/N-ethyl adjacent to an activating group) is 2. The van der Waals surface area contributed by atoms with Crippen LogP contribution >= 0.6 is 0 Å². The van der Waals surface area contributed by atoms with Gasteiger partial charge >= 0.3 is 0 Å². The van der Waals surface area contributed by atoms with Gasteiger partial charge in [-0.15, -0.1) is 0 Å². The average molecular weight is 403 g/mol. The first-order chi connectivity index (χ1) is 13.9. The van der Waals surface area contributed by atoms with E-state index in [1.165, 1.54) is 18.3 Å². The number of nitrogens with one attached hydrogen (secondary N) is 1. The van der Waals surface area contributed by atoms with Crippen LogP contribution in [0.2, 0.25) is 0 Å². The van der Waals surface area contributed by atoms with E-state index in [4.69, 9.17) is 4.74 Å². The van der Waals surface area contributed by atoms with Gasteiger partial charge in [0.05, 0.1) is 18.3 Å². The van der Waals surface area contributed by atoms with Crippen LogP contribution in [0.5, 0.6) is 5.75 Å². The third kappa shape index (κ3) is 4.92. The molecule has 1 saturated heterocycles. The number of halogens is 1. The van der Waals surface area contributed by atoms with Crippen LogP contribution in [0.15, 0.2) is 30.5 Å². The highest BCUT2D eigenvalue weighted by molar-refractivity contribution is 5.95. The van der Waals surface area contributed by atoms with Crippen molar-refractivity contribution in [1.29, 1.82) is 0 Å². The molecule has 2 heterocycles. The minimum atomic E-state index is -0.421. The van der Waals surface area contributed by atoms with E-state index in [-0.39, 0.29) is 17.6 Å². The van der Waals surface area contributed by atoms with Crippen LogP contribution < -0.4 is 4.74 Å². The Labute approximate surface area is 169 Å². The Kier molecular flexibility index (Phi) is 6.48. The third-order valence-corrected chi connectivity index (χ3v) is 5.17. The molecule has 0 bridgehead atoms. The second kappa shape index (κ2) is 9.04. The fourth-order valence-corrected chi connectivity index (χ4v) is 3.26. The number of rotatable bonds is 6. The van der Waals surface area contributed by atoms with Crippen LogP contribution in [0.1, 0.15) is 16.1 Å². The highest BCUT2D eigenvalue weighted by Crippen LogP contribution is 2.15. The van der Waals surface area contributed by atoms with E-state index in [0.717, 1.165) is 0 Å². The number of H-pyrrole nitrogens is 1. The highest BCUT2D eigenvalue weighted by Gasteiger charge is 2.34. The highest BCUT2D eigenvalue weighted by atomic mass is 19.1. The molecule has 1 N–H and O–H groups in total. The molecule has 0 saturated carbocycles. The molecule has 29 heavy (non-hydrogen) atoms. The van der Waals surface area contributed by atoms with Crippen molar-refractivity contribution in [3.8, 4) is 5.75 Å². The van der Waals surface area contributed by atoms with E-state index in [2.05, 4.69) is 10.2 Å². The zero-order chi connectivity index (χ0) is 21.0. The summed E-state index contributed by atoms with van der Waals surface area (Å²) in [4.78, 5) is 31.0. The first-order valence-corrected chi connectivity index (χ1v) is 9.49. The van der Waals surface area contributed by atoms with E-state index in [0.29, 0.717) is 49.8 Å². The van der Waals surface area contributed by atoms with Crippen LogP contribution in [0.4, 0.5) is 4.39 Å². The van der Waals surface area contributed by atoms with E-state index in [1.807, 2.05) is 11.9 Å². The Bertz CT molecular complexity index is 854. The lowest BCUT2D eigenvalue weighted by atomic mass is 10.1. The van der Waals surface area contributed by atoms with Crippen molar-refractivity contribution < 1.29 is 18.7 Å². The van der Waals surface area contributed by atoms with Gasteiger partial charge in [-0.05, 0) is 38.2 Å². The number of benzene rings is 1. The van der Waals surface area contributed by atoms with E-state index in [9.17, 15) is 14.0 Å². The number of carbonyl (C=O) groups excluding carboxylic acids is 2. The van der Waals surface area contributed by atoms with Crippen LogP contribution in [-0.4, -0.2) is 89.6 Å². The molecule has 2 amide bonds. The number of aromatic nitrogens is 2. The third-order valence-electron chi connectivity index (χ3n) is 5.17. The predicted molar refractivity (Wildman–Crippen MR) is 105 cm³/mol. The molecule has 1 atom stereocenters. The minimum absolute atomic E-state index is 0.0726. The fourth-order valence-electron chi connectivity index (χ4n) is 3.26. The van der Waals surface area contributed by atoms with E-state index in [1.54, 1.807) is 35.9 Å². The summed E-state index contributed by atoms with van der Waals surface area (Å²) in [5, 5.41) is 6.68. The van der Waals surface area contributed by atoms with Crippen molar-refractivity contribution in [1.82, 2.24) is 24.9 Å². The van der Waals surface area contributed by atoms with Crippen LogP contribution in [0.25, 0.3) is 0 Å². The molecule has 0 aliphatic carbocycles. The fraction of sp³-hybridized carbons (Fsp3) is 0.450. The Morgan fingerprint density at radius 3 is 2.69 bits per heavy atom. The van der Waals surface area contributed by atoms with Crippen LogP contribution in [0.3, 0.4) is 0 Å². The average Bonchev–Trinajstić information content (AvgIpc) is 3.14. The van der Waals surface area contributed by atoms with Crippen molar-refractivity contribution >= 4 is 11.8 Å². The second-order valence-electron chi connectivity index (χ2n) is 7.22. The number of hydrogen-bond acceptors (Lipinski definition) is 5. The van der Waals surface area contributed by atoms with Gasteiger partial charge in [-0.1, -0.05) is 0 Å². The maximum absolute atomic E-state index is 12.9. The summed E-state index contributed by atoms with van der Waals surface area (Å²) in [5.74, 6) is 0.0325. The number of carbonyl (C=O) groups is 2. The first-order valence-electron chi connectivity index (χ1n) is 9.49. The minimum Gasteiger partial charge on any atom is -0.492 e. The quantitative estimate of drug-likeness (QED) is 0.783.